The molecule has 6 nitrogen and oxygen atoms in total. The van der Waals surface area contributed by atoms with Crippen molar-refractivity contribution in [3.63, 3.8) is 0 Å². The van der Waals surface area contributed by atoms with Gasteiger partial charge in [-0.1, -0.05) is 0 Å². The number of aromatic nitrogens is 4. The second-order valence-corrected chi connectivity index (χ2v) is 3.52. The van der Waals surface area contributed by atoms with E-state index in [1.165, 1.54) is 6.33 Å². The van der Waals surface area contributed by atoms with Crippen LogP contribution in [0.4, 0.5) is 4.79 Å². The molecule has 0 atom stereocenters. The maximum Gasteiger partial charge on any atom is 0.373 e. The molecule has 2 rings (SSSR count). The fraction of sp³-hybridized carbons (Fsp3) is 0.250. The molecule has 0 unspecified atom stereocenters. The molecule has 0 aromatic carbocycles. The number of hydrogen-bond donors (Lipinski definition) is 1. The highest BCUT2D eigenvalue weighted by Gasteiger charge is 2.11. The van der Waals surface area contributed by atoms with Gasteiger partial charge in [0, 0.05) is 11.8 Å². The number of hydrogen-bond acceptors (Lipinski definition) is 6. The number of rotatable bonds is 2. The van der Waals surface area contributed by atoms with Gasteiger partial charge in [0.1, 0.15) is 11.4 Å². The number of aromatic amines is 1. The SMILES string of the molecule is CCOC(=O)Sc1ncnc2[nH]ncc12. The van der Waals surface area contributed by atoms with Crippen molar-refractivity contribution in [3.8, 4) is 0 Å². The third-order valence-corrected chi connectivity index (χ3v) is 2.46. The summed E-state index contributed by atoms with van der Waals surface area (Å²) in [5.41, 5.74) is 0.608. The summed E-state index contributed by atoms with van der Waals surface area (Å²) in [6.07, 6.45) is 2.96. The van der Waals surface area contributed by atoms with E-state index in [1.807, 2.05) is 0 Å². The van der Waals surface area contributed by atoms with E-state index < -0.39 is 0 Å². The Kier molecular flexibility index (Phi) is 2.82. The molecule has 0 fully saturated rings. The Balaban J connectivity index is 2.27. The van der Waals surface area contributed by atoms with E-state index in [2.05, 4.69) is 20.2 Å². The van der Waals surface area contributed by atoms with Gasteiger partial charge in [-0.2, -0.15) is 5.10 Å². The van der Waals surface area contributed by atoms with Gasteiger partial charge in [-0.15, -0.1) is 0 Å². The Hall–Kier alpha value is -1.63. The van der Waals surface area contributed by atoms with Gasteiger partial charge >= 0.3 is 5.30 Å². The number of fused-ring (bicyclic) bond motifs is 1. The molecule has 2 heterocycles. The Bertz CT molecular complexity index is 484. The maximum absolute atomic E-state index is 11.2. The zero-order valence-electron chi connectivity index (χ0n) is 7.93. The summed E-state index contributed by atoms with van der Waals surface area (Å²) < 4.78 is 4.80. The number of nitrogens with zero attached hydrogens (tertiary/aromatic N) is 3. The molecule has 0 amide bonds. The summed E-state index contributed by atoms with van der Waals surface area (Å²) in [4.78, 5) is 19.2. The molecule has 2 aromatic rings. The number of H-pyrrole nitrogens is 1. The van der Waals surface area contributed by atoms with Crippen LogP contribution in [0.3, 0.4) is 0 Å². The first-order valence-electron chi connectivity index (χ1n) is 4.30. The molecule has 0 spiro atoms. The monoisotopic (exact) mass is 224 g/mol. The zero-order chi connectivity index (χ0) is 10.7. The molecule has 0 saturated heterocycles. The first-order chi connectivity index (χ1) is 7.31. The van der Waals surface area contributed by atoms with Gasteiger partial charge in [0.15, 0.2) is 5.65 Å². The maximum atomic E-state index is 11.2. The number of carbonyl (C=O) groups is 1. The molecule has 78 valence electrons. The van der Waals surface area contributed by atoms with Crippen LogP contribution in [0, 0.1) is 0 Å². The molecular weight excluding hydrogens is 216 g/mol. The van der Waals surface area contributed by atoms with Crippen LogP contribution < -0.4 is 0 Å². The van der Waals surface area contributed by atoms with Crippen LogP contribution in [0.2, 0.25) is 0 Å². The van der Waals surface area contributed by atoms with Crippen molar-refractivity contribution in [2.75, 3.05) is 6.61 Å². The largest absolute Gasteiger partial charge is 0.458 e. The van der Waals surface area contributed by atoms with Gasteiger partial charge < -0.3 is 4.74 Å². The first kappa shape index (κ1) is 9.91. The third kappa shape index (κ3) is 2.07. The minimum absolute atomic E-state index is 0.353. The Labute approximate surface area is 89.4 Å². The predicted molar refractivity (Wildman–Crippen MR) is 54.6 cm³/mol. The van der Waals surface area contributed by atoms with E-state index >= 15 is 0 Å². The molecule has 7 heteroatoms. The molecular formula is C8H8N4O2S. The van der Waals surface area contributed by atoms with E-state index in [-0.39, 0.29) is 5.30 Å². The van der Waals surface area contributed by atoms with Crippen molar-refractivity contribution >= 4 is 28.1 Å². The molecule has 0 aliphatic rings. The van der Waals surface area contributed by atoms with E-state index in [0.29, 0.717) is 17.3 Å². The number of nitrogens with one attached hydrogen (secondary N) is 1. The van der Waals surface area contributed by atoms with E-state index in [1.54, 1.807) is 13.1 Å². The molecule has 0 radical (unpaired) electrons. The van der Waals surface area contributed by atoms with Crippen LogP contribution in [-0.2, 0) is 4.74 Å². The summed E-state index contributed by atoms with van der Waals surface area (Å²) in [5, 5.41) is 7.41. The summed E-state index contributed by atoms with van der Waals surface area (Å²) in [6, 6.07) is 0. The third-order valence-electron chi connectivity index (χ3n) is 1.65. The Morgan fingerprint density at radius 1 is 1.60 bits per heavy atom. The molecule has 0 aliphatic heterocycles. The fourth-order valence-corrected chi connectivity index (χ4v) is 1.74. The molecule has 2 aromatic heterocycles. The van der Waals surface area contributed by atoms with Gasteiger partial charge in [0.2, 0.25) is 0 Å². The van der Waals surface area contributed by atoms with E-state index in [9.17, 15) is 4.79 Å². The molecule has 0 saturated carbocycles. The van der Waals surface area contributed by atoms with E-state index in [0.717, 1.165) is 17.1 Å². The van der Waals surface area contributed by atoms with Crippen LogP contribution >= 0.6 is 11.8 Å². The van der Waals surface area contributed by atoms with Gasteiger partial charge in [0.05, 0.1) is 18.2 Å². The van der Waals surface area contributed by atoms with Crippen molar-refractivity contribution in [2.45, 2.75) is 11.9 Å². The van der Waals surface area contributed by atoms with Gasteiger partial charge in [-0.3, -0.25) is 5.10 Å². The van der Waals surface area contributed by atoms with E-state index in [4.69, 9.17) is 4.74 Å². The van der Waals surface area contributed by atoms with Gasteiger partial charge in [0.25, 0.3) is 0 Å². The number of thioether (sulfide) groups is 1. The number of ether oxygens (including phenoxy) is 1. The average molecular weight is 224 g/mol. The lowest BCUT2D eigenvalue weighted by atomic mass is 10.4. The summed E-state index contributed by atoms with van der Waals surface area (Å²) in [5.74, 6) is 0. The quantitative estimate of drug-likeness (QED) is 0.474. The van der Waals surface area contributed by atoms with Crippen molar-refractivity contribution in [3.05, 3.63) is 12.5 Å². The molecule has 1 N–H and O–H groups in total. The smallest absolute Gasteiger partial charge is 0.373 e. The van der Waals surface area contributed by atoms with Crippen LogP contribution in [0.15, 0.2) is 17.6 Å². The second-order valence-electron chi connectivity index (χ2n) is 2.60. The van der Waals surface area contributed by atoms with Crippen LogP contribution in [0.5, 0.6) is 0 Å². The highest BCUT2D eigenvalue weighted by atomic mass is 32.2. The topological polar surface area (TPSA) is 80.8 Å². The summed E-state index contributed by atoms with van der Waals surface area (Å²) in [6.45, 7) is 2.11. The standard InChI is InChI=1S/C8H8N4O2S/c1-2-14-8(13)15-7-5-3-11-12-6(5)9-4-10-7/h3-4H,2H2,1H3,(H,9,10,11,12). The minimum atomic E-state index is -0.376. The van der Waals surface area contributed by atoms with Crippen LogP contribution in [0.25, 0.3) is 11.0 Å². The van der Waals surface area contributed by atoms with Gasteiger partial charge in [-0.25, -0.2) is 14.8 Å². The van der Waals surface area contributed by atoms with Crippen molar-refractivity contribution < 1.29 is 9.53 Å². The Morgan fingerprint density at radius 2 is 2.47 bits per heavy atom. The normalized spacial score (nSPS) is 10.5. The highest BCUT2D eigenvalue weighted by molar-refractivity contribution is 8.13. The lowest BCUT2D eigenvalue weighted by Crippen LogP contribution is -1.97. The fourth-order valence-electron chi connectivity index (χ4n) is 1.05. The van der Waals surface area contributed by atoms with Crippen molar-refractivity contribution in [2.24, 2.45) is 0 Å². The lowest BCUT2D eigenvalue weighted by Gasteiger charge is -2.00. The highest BCUT2D eigenvalue weighted by Crippen LogP contribution is 2.24. The molecule has 15 heavy (non-hydrogen) atoms. The predicted octanol–water partition coefficient (Wildman–Crippen LogP) is 1.60. The van der Waals surface area contributed by atoms with Crippen LogP contribution in [-0.4, -0.2) is 32.1 Å². The van der Waals surface area contributed by atoms with Crippen molar-refractivity contribution in [1.29, 1.82) is 0 Å². The molecule has 0 aliphatic carbocycles. The second kappa shape index (κ2) is 4.26. The summed E-state index contributed by atoms with van der Waals surface area (Å²) in [7, 11) is 0. The van der Waals surface area contributed by atoms with Gasteiger partial charge in [-0.05, 0) is 6.92 Å². The molecule has 0 bridgehead atoms. The van der Waals surface area contributed by atoms with Crippen molar-refractivity contribution in [1.82, 2.24) is 20.2 Å². The zero-order valence-corrected chi connectivity index (χ0v) is 8.74. The van der Waals surface area contributed by atoms with Crippen LogP contribution in [0.1, 0.15) is 6.92 Å². The number of carbonyl (C=O) groups excluding carboxylic acids is 1. The minimum Gasteiger partial charge on any atom is -0.458 e. The first-order valence-corrected chi connectivity index (χ1v) is 5.11. The Morgan fingerprint density at radius 3 is 3.27 bits per heavy atom. The lowest BCUT2D eigenvalue weighted by molar-refractivity contribution is 0.181. The average Bonchev–Trinajstić information content (AvgIpc) is 2.67. The summed E-state index contributed by atoms with van der Waals surface area (Å²) >= 11 is 0.930.